The lowest BCUT2D eigenvalue weighted by Crippen LogP contribution is -2.45. The van der Waals surface area contributed by atoms with Gasteiger partial charge in [-0.05, 0) is 32.9 Å². The molecule has 1 amide bonds. The molecule has 2 rings (SSSR count). The van der Waals surface area contributed by atoms with Gasteiger partial charge in [0.05, 0.1) is 11.1 Å². The van der Waals surface area contributed by atoms with Crippen LogP contribution in [0.2, 0.25) is 0 Å². The van der Waals surface area contributed by atoms with E-state index in [4.69, 9.17) is 5.73 Å². The molecule has 5 nitrogen and oxygen atoms in total. The van der Waals surface area contributed by atoms with Crippen LogP contribution in [0.1, 0.15) is 31.1 Å². The van der Waals surface area contributed by atoms with Crippen molar-refractivity contribution >= 4 is 21.6 Å². The summed E-state index contributed by atoms with van der Waals surface area (Å²) in [6.07, 6.45) is 0. The van der Waals surface area contributed by atoms with Gasteiger partial charge in [-0.1, -0.05) is 6.07 Å². The molecule has 0 saturated carbocycles. The van der Waals surface area contributed by atoms with Crippen LogP contribution in [-0.4, -0.2) is 24.2 Å². The number of benzene rings is 1. The molecule has 0 aliphatic carbocycles. The van der Waals surface area contributed by atoms with Gasteiger partial charge in [-0.15, -0.1) is 0 Å². The molecule has 1 heterocycles. The molecule has 0 radical (unpaired) electrons. The minimum atomic E-state index is -3.77. The molecular weight excluding hydrogens is 240 g/mol. The largest absolute Gasteiger partial charge is 0.398 e. The first kappa shape index (κ1) is 11.9. The van der Waals surface area contributed by atoms with E-state index < -0.39 is 21.5 Å². The van der Waals surface area contributed by atoms with E-state index in [9.17, 15) is 13.2 Å². The van der Waals surface area contributed by atoms with Crippen molar-refractivity contribution in [1.29, 1.82) is 0 Å². The maximum atomic E-state index is 12.2. The minimum absolute atomic E-state index is 0.00238. The Morgan fingerprint density at radius 3 is 2.29 bits per heavy atom. The third-order valence-electron chi connectivity index (χ3n) is 2.58. The molecule has 6 heteroatoms. The summed E-state index contributed by atoms with van der Waals surface area (Å²) in [5, 5.41) is 0. The lowest BCUT2D eigenvalue weighted by atomic mass is 10.1. The molecule has 0 saturated heterocycles. The molecule has 0 unspecified atom stereocenters. The molecule has 0 spiro atoms. The van der Waals surface area contributed by atoms with Crippen LogP contribution in [0.25, 0.3) is 0 Å². The van der Waals surface area contributed by atoms with Crippen molar-refractivity contribution in [2.45, 2.75) is 31.2 Å². The molecule has 0 bridgehead atoms. The van der Waals surface area contributed by atoms with Crippen molar-refractivity contribution in [2.75, 3.05) is 5.73 Å². The lowest BCUT2D eigenvalue weighted by Gasteiger charge is -2.29. The predicted octanol–water partition coefficient (Wildman–Crippen LogP) is 1.21. The monoisotopic (exact) mass is 254 g/mol. The molecule has 17 heavy (non-hydrogen) atoms. The average molecular weight is 254 g/mol. The zero-order valence-electron chi connectivity index (χ0n) is 9.89. The van der Waals surface area contributed by atoms with Gasteiger partial charge in [-0.2, -0.15) is 0 Å². The number of carbonyl (C=O) groups excluding carboxylic acids is 1. The van der Waals surface area contributed by atoms with E-state index in [1.54, 1.807) is 20.8 Å². The number of nitrogen functional groups attached to an aromatic ring is 1. The summed E-state index contributed by atoms with van der Waals surface area (Å²) in [6.45, 7) is 5.01. The predicted molar refractivity (Wildman–Crippen MR) is 64.0 cm³/mol. The highest BCUT2D eigenvalue weighted by atomic mass is 32.2. The van der Waals surface area contributed by atoms with Gasteiger partial charge < -0.3 is 5.73 Å². The molecular formula is C11H14N2O3S. The summed E-state index contributed by atoms with van der Waals surface area (Å²) in [6, 6.07) is 4.47. The molecule has 2 N–H and O–H groups in total. The Bertz CT molecular complexity index is 600. The Balaban J connectivity index is 2.79. The van der Waals surface area contributed by atoms with E-state index in [1.165, 1.54) is 18.2 Å². The van der Waals surface area contributed by atoms with Crippen LogP contribution in [0.5, 0.6) is 0 Å². The van der Waals surface area contributed by atoms with Crippen LogP contribution in [0, 0.1) is 0 Å². The first-order valence-corrected chi connectivity index (χ1v) is 6.59. The number of hydrogen-bond acceptors (Lipinski definition) is 4. The van der Waals surface area contributed by atoms with Crippen LogP contribution in [0.4, 0.5) is 5.69 Å². The highest BCUT2D eigenvalue weighted by Crippen LogP contribution is 2.37. The van der Waals surface area contributed by atoms with E-state index in [0.717, 1.165) is 4.31 Å². The van der Waals surface area contributed by atoms with Gasteiger partial charge in [-0.25, -0.2) is 12.7 Å². The van der Waals surface area contributed by atoms with E-state index in [-0.39, 0.29) is 16.1 Å². The lowest BCUT2D eigenvalue weighted by molar-refractivity contribution is 0.0789. The van der Waals surface area contributed by atoms with Crippen molar-refractivity contribution in [3.8, 4) is 0 Å². The van der Waals surface area contributed by atoms with Crippen molar-refractivity contribution in [3.63, 3.8) is 0 Å². The Labute approximate surface area is 100 Å². The number of nitrogens with zero attached hydrogens (tertiary/aromatic N) is 1. The first-order chi connectivity index (χ1) is 7.67. The Morgan fingerprint density at radius 2 is 1.82 bits per heavy atom. The van der Waals surface area contributed by atoms with Gasteiger partial charge in [0.2, 0.25) is 0 Å². The van der Waals surface area contributed by atoms with E-state index in [1.807, 2.05) is 0 Å². The van der Waals surface area contributed by atoms with Crippen molar-refractivity contribution in [1.82, 2.24) is 4.31 Å². The molecule has 1 aromatic carbocycles. The zero-order valence-corrected chi connectivity index (χ0v) is 10.7. The fourth-order valence-corrected chi connectivity index (χ4v) is 3.91. The standard InChI is InChI=1S/C11H14N2O3S/c1-11(2,3)13-10(14)9-7(12)5-4-6-8(9)17(13,15)16/h4-6H,12H2,1-3H3. The van der Waals surface area contributed by atoms with Crippen LogP contribution >= 0.6 is 0 Å². The Kier molecular flexibility index (Phi) is 2.26. The zero-order chi connectivity index (χ0) is 13.0. The molecule has 0 aromatic heterocycles. The van der Waals surface area contributed by atoms with Crippen LogP contribution in [0.3, 0.4) is 0 Å². The second-order valence-electron chi connectivity index (χ2n) is 4.97. The maximum absolute atomic E-state index is 12.2. The highest BCUT2D eigenvalue weighted by molar-refractivity contribution is 7.90. The van der Waals surface area contributed by atoms with Gasteiger partial charge >= 0.3 is 0 Å². The highest BCUT2D eigenvalue weighted by Gasteiger charge is 2.47. The third-order valence-corrected chi connectivity index (χ3v) is 4.67. The average Bonchev–Trinajstić information content (AvgIpc) is 2.34. The van der Waals surface area contributed by atoms with E-state index in [0.29, 0.717) is 0 Å². The minimum Gasteiger partial charge on any atom is -0.398 e. The number of amides is 1. The summed E-state index contributed by atoms with van der Waals surface area (Å²) >= 11 is 0. The molecule has 0 atom stereocenters. The quantitative estimate of drug-likeness (QED) is 0.706. The SMILES string of the molecule is CC(C)(C)N1C(=O)c2c(N)cccc2S1(=O)=O. The number of nitrogens with two attached hydrogens (primary N) is 1. The van der Waals surface area contributed by atoms with E-state index in [2.05, 4.69) is 0 Å². The van der Waals surface area contributed by atoms with Crippen molar-refractivity contribution in [2.24, 2.45) is 0 Å². The molecule has 0 fully saturated rings. The van der Waals surface area contributed by atoms with Crippen LogP contribution in [0.15, 0.2) is 23.1 Å². The summed E-state index contributed by atoms with van der Waals surface area (Å²) in [7, 11) is -3.77. The number of rotatable bonds is 0. The fraction of sp³-hybridized carbons (Fsp3) is 0.364. The van der Waals surface area contributed by atoms with Crippen LogP contribution in [-0.2, 0) is 10.0 Å². The maximum Gasteiger partial charge on any atom is 0.271 e. The third kappa shape index (κ3) is 1.51. The number of hydrogen-bond donors (Lipinski definition) is 1. The first-order valence-electron chi connectivity index (χ1n) is 5.15. The summed E-state index contributed by atoms with van der Waals surface area (Å²) in [4.78, 5) is 12.1. The van der Waals surface area contributed by atoms with Crippen molar-refractivity contribution < 1.29 is 13.2 Å². The molecule has 1 aromatic rings. The number of carbonyl (C=O) groups is 1. The number of fused-ring (bicyclic) bond motifs is 1. The molecule has 1 aliphatic heterocycles. The smallest absolute Gasteiger partial charge is 0.271 e. The topological polar surface area (TPSA) is 80.5 Å². The van der Waals surface area contributed by atoms with Gasteiger partial charge in [0.1, 0.15) is 4.90 Å². The molecule has 92 valence electrons. The second-order valence-corrected chi connectivity index (χ2v) is 6.72. The van der Waals surface area contributed by atoms with Gasteiger partial charge in [0.15, 0.2) is 0 Å². The summed E-state index contributed by atoms with van der Waals surface area (Å²) in [5.41, 5.74) is 5.16. The van der Waals surface area contributed by atoms with Gasteiger partial charge in [-0.3, -0.25) is 4.79 Å². The Morgan fingerprint density at radius 1 is 1.24 bits per heavy atom. The van der Waals surface area contributed by atoms with Gasteiger partial charge in [0.25, 0.3) is 15.9 Å². The van der Waals surface area contributed by atoms with Crippen molar-refractivity contribution in [3.05, 3.63) is 23.8 Å². The number of anilines is 1. The van der Waals surface area contributed by atoms with E-state index >= 15 is 0 Å². The summed E-state index contributed by atoms with van der Waals surface area (Å²) < 4.78 is 25.4. The second kappa shape index (κ2) is 3.22. The normalized spacial score (nSPS) is 18.3. The van der Waals surface area contributed by atoms with Gasteiger partial charge in [0, 0.05) is 5.69 Å². The number of sulfonamides is 1. The summed E-state index contributed by atoms with van der Waals surface area (Å²) in [5.74, 6) is -0.550. The Hall–Kier alpha value is -1.56. The fourth-order valence-electron chi connectivity index (χ4n) is 1.97. The molecule has 1 aliphatic rings. The van der Waals surface area contributed by atoms with Crippen LogP contribution < -0.4 is 5.73 Å².